The number of nitro benzene ring substituents is 1. The van der Waals surface area contributed by atoms with Crippen LogP contribution in [0.1, 0.15) is 19.4 Å². The van der Waals surface area contributed by atoms with Gasteiger partial charge in [0.15, 0.2) is 6.10 Å². The molecular weight excluding hydrogens is 266 g/mol. The van der Waals surface area contributed by atoms with E-state index in [1.54, 1.807) is 13.8 Å². The Kier molecular flexibility index (Phi) is 5.92. The zero-order valence-electron chi connectivity index (χ0n) is 11.4. The van der Waals surface area contributed by atoms with Gasteiger partial charge < -0.3 is 14.6 Å². The minimum absolute atomic E-state index is 0.0171. The number of benzene rings is 1. The Labute approximate surface area is 116 Å². The summed E-state index contributed by atoms with van der Waals surface area (Å²) in [5.41, 5.74) is 0.0540. The molecule has 0 fully saturated rings. The normalized spacial score (nSPS) is 11.9. The molecule has 0 aromatic heterocycles. The number of nitro groups is 1. The molecule has 1 atom stereocenters. The summed E-state index contributed by atoms with van der Waals surface area (Å²) in [6.07, 6.45) is -0.883. The van der Waals surface area contributed by atoms with Gasteiger partial charge in [-0.2, -0.15) is 0 Å². The molecule has 1 aromatic carbocycles. The fraction of sp³-hybridized carbons (Fsp3) is 0.462. The van der Waals surface area contributed by atoms with Crippen molar-refractivity contribution in [2.45, 2.75) is 26.4 Å². The molecule has 0 amide bonds. The van der Waals surface area contributed by atoms with Crippen molar-refractivity contribution < 1.29 is 24.3 Å². The van der Waals surface area contributed by atoms with Gasteiger partial charge in [0.05, 0.1) is 17.6 Å². The van der Waals surface area contributed by atoms with Gasteiger partial charge in [-0.1, -0.05) is 0 Å². The Bertz CT molecular complexity index is 488. The largest absolute Gasteiger partial charge is 0.508 e. The van der Waals surface area contributed by atoms with Crippen molar-refractivity contribution in [2.24, 2.45) is 0 Å². The van der Waals surface area contributed by atoms with E-state index >= 15 is 0 Å². The fourth-order valence-electron chi connectivity index (χ4n) is 1.74. The van der Waals surface area contributed by atoms with Crippen molar-refractivity contribution in [3.8, 4) is 5.75 Å². The van der Waals surface area contributed by atoms with Crippen molar-refractivity contribution in [1.82, 2.24) is 0 Å². The predicted octanol–water partition coefficient (Wildman–Crippen LogP) is 1.81. The molecule has 0 aliphatic carbocycles. The van der Waals surface area contributed by atoms with Crippen LogP contribution in [-0.4, -0.2) is 35.3 Å². The molecule has 0 aliphatic rings. The lowest BCUT2D eigenvalue weighted by Crippen LogP contribution is -2.29. The van der Waals surface area contributed by atoms with Gasteiger partial charge >= 0.3 is 5.97 Å². The van der Waals surface area contributed by atoms with E-state index in [1.165, 1.54) is 12.1 Å². The number of phenols is 1. The first-order valence-electron chi connectivity index (χ1n) is 6.24. The second-order valence-electron chi connectivity index (χ2n) is 3.97. The highest BCUT2D eigenvalue weighted by molar-refractivity contribution is 5.75. The summed E-state index contributed by atoms with van der Waals surface area (Å²) in [4.78, 5) is 22.1. The van der Waals surface area contributed by atoms with Crippen molar-refractivity contribution >= 4 is 11.7 Å². The number of nitrogens with zero attached hydrogens (tertiary/aromatic N) is 1. The smallest absolute Gasteiger partial charge is 0.335 e. The highest BCUT2D eigenvalue weighted by Gasteiger charge is 2.25. The number of phenolic OH excluding ortho intramolecular Hbond substituents is 1. The molecule has 0 spiro atoms. The molecule has 0 aliphatic heterocycles. The van der Waals surface area contributed by atoms with Crippen LogP contribution in [0.25, 0.3) is 0 Å². The van der Waals surface area contributed by atoms with Crippen LogP contribution in [0.2, 0.25) is 0 Å². The Balaban J connectivity index is 2.98. The molecule has 0 saturated heterocycles. The van der Waals surface area contributed by atoms with E-state index in [1.807, 2.05) is 0 Å². The molecule has 0 heterocycles. The lowest BCUT2D eigenvalue weighted by molar-refractivity contribution is -0.385. The van der Waals surface area contributed by atoms with E-state index in [0.29, 0.717) is 5.56 Å². The minimum Gasteiger partial charge on any atom is -0.508 e. The molecule has 0 saturated carbocycles. The van der Waals surface area contributed by atoms with E-state index < -0.39 is 17.0 Å². The second kappa shape index (κ2) is 7.44. The molecule has 0 bridgehead atoms. The van der Waals surface area contributed by atoms with Gasteiger partial charge in [0.25, 0.3) is 5.69 Å². The van der Waals surface area contributed by atoms with Gasteiger partial charge in [-0.15, -0.1) is 0 Å². The SMILES string of the molecule is CCOC(=O)C(Cc1ccc(O)cc1[N+](=O)[O-])OCC. The summed E-state index contributed by atoms with van der Waals surface area (Å²) < 4.78 is 10.1. The van der Waals surface area contributed by atoms with Crippen LogP contribution in [0.4, 0.5) is 5.69 Å². The Morgan fingerprint density at radius 2 is 2.10 bits per heavy atom. The Morgan fingerprint density at radius 3 is 2.65 bits per heavy atom. The van der Waals surface area contributed by atoms with Crippen LogP contribution in [0.15, 0.2) is 18.2 Å². The third kappa shape index (κ3) is 4.20. The first-order valence-corrected chi connectivity index (χ1v) is 6.24. The lowest BCUT2D eigenvalue weighted by Gasteiger charge is -2.15. The molecule has 0 radical (unpaired) electrons. The van der Waals surface area contributed by atoms with Gasteiger partial charge in [0.2, 0.25) is 0 Å². The average Bonchev–Trinajstić information content (AvgIpc) is 2.40. The fourth-order valence-corrected chi connectivity index (χ4v) is 1.74. The average molecular weight is 283 g/mol. The van der Waals surface area contributed by atoms with Crippen molar-refractivity contribution in [3.63, 3.8) is 0 Å². The van der Waals surface area contributed by atoms with Crippen molar-refractivity contribution in [3.05, 3.63) is 33.9 Å². The summed E-state index contributed by atoms with van der Waals surface area (Å²) >= 11 is 0. The molecule has 1 rings (SSSR count). The third-order valence-electron chi connectivity index (χ3n) is 2.59. The van der Waals surface area contributed by atoms with Crippen LogP contribution >= 0.6 is 0 Å². The zero-order chi connectivity index (χ0) is 15.1. The van der Waals surface area contributed by atoms with E-state index in [9.17, 15) is 20.0 Å². The van der Waals surface area contributed by atoms with Gasteiger partial charge in [-0.05, 0) is 26.0 Å². The molecule has 110 valence electrons. The second-order valence-corrected chi connectivity index (χ2v) is 3.97. The van der Waals surface area contributed by atoms with E-state index in [0.717, 1.165) is 6.07 Å². The molecule has 1 aromatic rings. The number of carbonyl (C=O) groups is 1. The first-order chi connectivity index (χ1) is 9.49. The van der Waals surface area contributed by atoms with Gasteiger partial charge in [0.1, 0.15) is 5.75 Å². The number of rotatable bonds is 7. The molecule has 20 heavy (non-hydrogen) atoms. The van der Waals surface area contributed by atoms with Gasteiger partial charge in [-0.3, -0.25) is 10.1 Å². The maximum absolute atomic E-state index is 11.7. The molecule has 1 N–H and O–H groups in total. The minimum atomic E-state index is -0.900. The standard InChI is InChI=1S/C13H17NO6/c1-3-19-12(13(16)20-4-2)7-9-5-6-10(15)8-11(9)14(17)18/h5-6,8,12,15H,3-4,7H2,1-2H3. The number of ether oxygens (including phenoxy) is 2. The number of carbonyl (C=O) groups excluding carboxylic acids is 1. The topological polar surface area (TPSA) is 98.9 Å². The van der Waals surface area contributed by atoms with Crippen LogP contribution in [-0.2, 0) is 20.7 Å². The van der Waals surface area contributed by atoms with Crippen LogP contribution in [0.3, 0.4) is 0 Å². The maximum Gasteiger partial charge on any atom is 0.335 e. The van der Waals surface area contributed by atoms with Crippen molar-refractivity contribution in [2.75, 3.05) is 13.2 Å². The van der Waals surface area contributed by atoms with Crippen molar-refractivity contribution in [1.29, 1.82) is 0 Å². The van der Waals surface area contributed by atoms with Gasteiger partial charge in [-0.25, -0.2) is 4.79 Å². The first kappa shape index (κ1) is 15.9. The molecule has 1 unspecified atom stereocenters. The van der Waals surface area contributed by atoms with E-state index in [2.05, 4.69) is 0 Å². The predicted molar refractivity (Wildman–Crippen MR) is 70.5 cm³/mol. The third-order valence-corrected chi connectivity index (χ3v) is 2.59. The quantitative estimate of drug-likeness (QED) is 0.465. The van der Waals surface area contributed by atoms with Crippen LogP contribution in [0, 0.1) is 10.1 Å². The molecule has 7 heteroatoms. The monoisotopic (exact) mass is 283 g/mol. The van der Waals surface area contributed by atoms with Crippen LogP contribution < -0.4 is 0 Å². The Morgan fingerprint density at radius 1 is 1.40 bits per heavy atom. The summed E-state index contributed by atoms with van der Waals surface area (Å²) in [5.74, 6) is -0.763. The number of hydrogen-bond acceptors (Lipinski definition) is 6. The highest BCUT2D eigenvalue weighted by Crippen LogP contribution is 2.25. The lowest BCUT2D eigenvalue weighted by atomic mass is 10.1. The highest BCUT2D eigenvalue weighted by atomic mass is 16.6. The summed E-state index contributed by atoms with van der Waals surface area (Å²) in [6.45, 7) is 3.89. The molecule has 7 nitrogen and oxygen atoms in total. The zero-order valence-corrected chi connectivity index (χ0v) is 11.4. The number of aromatic hydroxyl groups is 1. The number of hydrogen-bond donors (Lipinski definition) is 1. The summed E-state index contributed by atoms with van der Waals surface area (Å²) in [6, 6.07) is 3.78. The van der Waals surface area contributed by atoms with Crippen LogP contribution in [0.5, 0.6) is 5.75 Å². The maximum atomic E-state index is 11.7. The van der Waals surface area contributed by atoms with E-state index in [4.69, 9.17) is 9.47 Å². The van der Waals surface area contributed by atoms with Gasteiger partial charge in [0, 0.05) is 18.6 Å². The number of esters is 1. The Hall–Kier alpha value is -2.15. The summed E-state index contributed by atoms with van der Waals surface area (Å²) in [5, 5.41) is 20.2. The van der Waals surface area contributed by atoms with E-state index in [-0.39, 0.29) is 31.1 Å². The molecular formula is C13H17NO6. The summed E-state index contributed by atoms with van der Waals surface area (Å²) in [7, 11) is 0.